The third kappa shape index (κ3) is 3.96. The summed E-state index contributed by atoms with van der Waals surface area (Å²) in [5, 5.41) is 4.89. The van der Waals surface area contributed by atoms with E-state index in [4.69, 9.17) is 15.2 Å². The molecule has 0 saturated heterocycles. The number of aromatic nitrogens is 5. The van der Waals surface area contributed by atoms with E-state index in [2.05, 4.69) is 26.6 Å². The molecule has 8 nitrogen and oxygen atoms in total. The molecule has 10 heteroatoms. The normalized spacial score (nSPS) is 16.7. The molecule has 0 amide bonds. The van der Waals surface area contributed by atoms with Crippen LogP contribution in [0.5, 0.6) is 17.5 Å². The van der Waals surface area contributed by atoms with E-state index in [9.17, 15) is 8.78 Å². The smallest absolute Gasteiger partial charge is 0.253 e. The van der Waals surface area contributed by atoms with E-state index in [1.165, 1.54) is 12.5 Å². The van der Waals surface area contributed by atoms with E-state index in [0.29, 0.717) is 22.5 Å². The van der Waals surface area contributed by atoms with Gasteiger partial charge < -0.3 is 15.2 Å². The van der Waals surface area contributed by atoms with Crippen LogP contribution in [0, 0.1) is 0 Å². The minimum absolute atomic E-state index is 0.162. The Morgan fingerprint density at radius 3 is 2.76 bits per heavy atom. The van der Waals surface area contributed by atoms with Gasteiger partial charge in [0, 0.05) is 25.1 Å². The molecule has 152 valence electrons. The first-order valence-corrected chi connectivity index (χ1v) is 9.16. The summed E-state index contributed by atoms with van der Waals surface area (Å²) in [5.41, 5.74) is 6.47. The lowest BCUT2D eigenvalue weighted by atomic mass is 9.92. The van der Waals surface area contributed by atoms with Gasteiger partial charge in [-0.3, -0.25) is 0 Å². The Morgan fingerprint density at radius 1 is 1.28 bits per heavy atom. The lowest BCUT2D eigenvalue weighted by Gasteiger charge is -2.28. The molecule has 3 aromatic heterocycles. The number of ether oxygens (including phenoxy) is 2. The zero-order valence-corrected chi connectivity index (χ0v) is 15.8. The van der Waals surface area contributed by atoms with Crippen LogP contribution in [-0.2, 0) is 0 Å². The summed E-state index contributed by atoms with van der Waals surface area (Å²) in [5.74, 6) is -1.04. The number of nitrogens with zero attached hydrogens (tertiary/aromatic N) is 5. The number of anilines is 1. The van der Waals surface area contributed by atoms with Crippen molar-refractivity contribution in [2.45, 2.75) is 44.6 Å². The number of hydrogen-bond acceptors (Lipinski definition) is 7. The minimum Gasteiger partial charge on any atom is -0.462 e. The van der Waals surface area contributed by atoms with Crippen LogP contribution in [0.1, 0.15) is 38.6 Å². The molecule has 1 fully saturated rings. The molecule has 0 aliphatic heterocycles. The highest BCUT2D eigenvalue weighted by atomic mass is 19.3. The number of rotatable bonds is 5. The van der Waals surface area contributed by atoms with Crippen LogP contribution in [0.4, 0.5) is 14.6 Å². The average Bonchev–Trinajstić information content (AvgIpc) is 3.01. The molecule has 0 bridgehead atoms. The van der Waals surface area contributed by atoms with Crippen LogP contribution in [0.3, 0.4) is 0 Å². The van der Waals surface area contributed by atoms with E-state index in [1.807, 2.05) is 0 Å². The minimum atomic E-state index is -2.64. The van der Waals surface area contributed by atoms with Crippen molar-refractivity contribution in [3.8, 4) is 17.5 Å². The number of pyridine rings is 1. The first kappa shape index (κ1) is 19.0. The van der Waals surface area contributed by atoms with Gasteiger partial charge in [0.2, 0.25) is 11.8 Å². The summed E-state index contributed by atoms with van der Waals surface area (Å²) < 4.78 is 40.0. The summed E-state index contributed by atoms with van der Waals surface area (Å²) >= 11 is 0. The number of nitrogens with two attached hydrogens (primary N) is 1. The van der Waals surface area contributed by atoms with Crippen LogP contribution in [0.2, 0.25) is 0 Å². The van der Waals surface area contributed by atoms with Gasteiger partial charge in [0.25, 0.3) is 5.88 Å². The van der Waals surface area contributed by atoms with Gasteiger partial charge in [-0.2, -0.15) is 0 Å². The van der Waals surface area contributed by atoms with Gasteiger partial charge in [0.05, 0.1) is 11.8 Å². The Morgan fingerprint density at radius 2 is 2.03 bits per heavy atom. The van der Waals surface area contributed by atoms with Gasteiger partial charge >= 0.3 is 0 Å². The molecule has 0 unspecified atom stereocenters. The van der Waals surface area contributed by atoms with Crippen molar-refractivity contribution < 1.29 is 18.3 Å². The third-order valence-corrected chi connectivity index (χ3v) is 4.72. The van der Waals surface area contributed by atoms with Crippen LogP contribution in [0.25, 0.3) is 11.0 Å². The first-order valence-electron chi connectivity index (χ1n) is 9.16. The van der Waals surface area contributed by atoms with Crippen molar-refractivity contribution in [3.05, 3.63) is 37.0 Å². The predicted octanol–water partition coefficient (Wildman–Crippen LogP) is 4.26. The fraction of sp³-hybridized carbons (Fsp3) is 0.368. The topological polar surface area (TPSA) is 101 Å². The second kappa shape index (κ2) is 7.26. The SMILES string of the molecule is C=C(C)Oc1ccnc(Oc2nn(C3CCC(F)(F)CC3)c3ncnc(N)c23)c1. The van der Waals surface area contributed by atoms with Crippen LogP contribution in [0.15, 0.2) is 37.0 Å². The molecule has 3 aromatic rings. The van der Waals surface area contributed by atoms with Crippen LogP contribution < -0.4 is 15.2 Å². The highest BCUT2D eigenvalue weighted by molar-refractivity contribution is 5.90. The summed E-state index contributed by atoms with van der Waals surface area (Å²) in [6.45, 7) is 5.42. The van der Waals surface area contributed by atoms with Crippen molar-refractivity contribution in [2.75, 3.05) is 5.73 Å². The fourth-order valence-electron chi connectivity index (χ4n) is 3.37. The summed E-state index contributed by atoms with van der Waals surface area (Å²) in [6, 6.07) is 3.02. The zero-order valence-electron chi connectivity index (χ0n) is 15.8. The molecule has 3 heterocycles. The number of halogens is 2. The third-order valence-electron chi connectivity index (χ3n) is 4.72. The van der Waals surface area contributed by atoms with Crippen molar-refractivity contribution in [1.82, 2.24) is 24.7 Å². The standard InChI is InChI=1S/C19H20F2N6O2/c1-11(2)28-13-5-8-23-14(9-13)29-18-15-16(22)24-10-25-17(15)27(26-18)12-3-6-19(20,21)7-4-12/h5,8-10,12H,1,3-4,6-7H2,2H3,(H2,22,24,25). The lowest BCUT2D eigenvalue weighted by molar-refractivity contribution is -0.0446. The Balaban J connectivity index is 1.69. The highest BCUT2D eigenvalue weighted by Gasteiger charge is 2.37. The maximum Gasteiger partial charge on any atom is 0.253 e. The van der Waals surface area contributed by atoms with Gasteiger partial charge in [-0.15, -0.1) is 5.10 Å². The molecular weight excluding hydrogens is 382 g/mol. The summed E-state index contributed by atoms with van der Waals surface area (Å²) in [7, 11) is 0. The summed E-state index contributed by atoms with van der Waals surface area (Å²) in [6.07, 6.45) is 3.02. The fourth-order valence-corrected chi connectivity index (χ4v) is 3.37. The Labute approximate surface area is 165 Å². The first-order chi connectivity index (χ1) is 13.8. The molecule has 0 spiro atoms. The second-order valence-corrected chi connectivity index (χ2v) is 7.03. The van der Waals surface area contributed by atoms with Gasteiger partial charge in [0.1, 0.15) is 23.3 Å². The largest absolute Gasteiger partial charge is 0.462 e. The van der Waals surface area contributed by atoms with Gasteiger partial charge in [0.15, 0.2) is 5.65 Å². The molecule has 1 aliphatic rings. The Kier molecular flexibility index (Phi) is 4.77. The van der Waals surface area contributed by atoms with Gasteiger partial charge in [-0.05, 0) is 25.8 Å². The van der Waals surface area contributed by atoms with Crippen molar-refractivity contribution in [1.29, 1.82) is 0 Å². The number of alkyl halides is 2. The van der Waals surface area contributed by atoms with E-state index in [0.717, 1.165) is 0 Å². The maximum absolute atomic E-state index is 13.6. The predicted molar refractivity (Wildman–Crippen MR) is 102 cm³/mol. The second-order valence-electron chi connectivity index (χ2n) is 7.03. The zero-order chi connectivity index (χ0) is 20.6. The van der Waals surface area contributed by atoms with Crippen LogP contribution in [-0.4, -0.2) is 30.7 Å². The Hall–Kier alpha value is -3.30. The van der Waals surface area contributed by atoms with Crippen molar-refractivity contribution >= 4 is 16.9 Å². The number of nitrogen functional groups attached to an aromatic ring is 1. The Bertz CT molecular complexity index is 1060. The van der Waals surface area contributed by atoms with Gasteiger partial charge in [-0.1, -0.05) is 6.58 Å². The highest BCUT2D eigenvalue weighted by Crippen LogP contribution is 2.41. The molecule has 1 aliphatic carbocycles. The molecular formula is C19H20F2N6O2. The molecule has 2 N–H and O–H groups in total. The van der Waals surface area contributed by atoms with Gasteiger partial charge in [-0.25, -0.2) is 28.4 Å². The monoisotopic (exact) mass is 402 g/mol. The molecule has 29 heavy (non-hydrogen) atoms. The maximum atomic E-state index is 13.6. The number of fused-ring (bicyclic) bond motifs is 1. The molecule has 0 atom stereocenters. The lowest BCUT2D eigenvalue weighted by Crippen LogP contribution is -2.26. The number of allylic oxidation sites excluding steroid dienone is 1. The van der Waals surface area contributed by atoms with Crippen LogP contribution >= 0.6 is 0 Å². The quantitative estimate of drug-likeness (QED) is 0.636. The van der Waals surface area contributed by atoms with E-state index in [1.54, 1.807) is 23.7 Å². The molecule has 1 saturated carbocycles. The van der Waals surface area contributed by atoms with E-state index in [-0.39, 0.29) is 49.3 Å². The van der Waals surface area contributed by atoms with E-state index >= 15 is 0 Å². The van der Waals surface area contributed by atoms with Crippen molar-refractivity contribution in [3.63, 3.8) is 0 Å². The van der Waals surface area contributed by atoms with E-state index < -0.39 is 5.92 Å². The van der Waals surface area contributed by atoms with Crippen molar-refractivity contribution in [2.24, 2.45) is 0 Å². The molecule has 4 rings (SSSR count). The molecule has 0 aromatic carbocycles. The molecule has 0 radical (unpaired) electrons. The number of hydrogen-bond donors (Lipinski definition) is 1. The average molecular weight is 402 g/mol. The summed E-state index contributed by atoms with van der Waals surface area (Å²) in [4.78, 5) is 12.4.